The summed E-state index contributed by atoms with van der Waals surface area (Å²) in [5, 5.41) is 9.19. The molecule has 3 rings (SSSR count). The summed E-state index contributed by atoms with van der Waals surface area (Å²) in [6.45, 7) is 16.5. The smallest absolute Gasteiger partial charge is 0.428 e. The largest absolute Gasteiger partial charge is 0.514 e. The summed E-state index contributed by atoms with van der Waals surface area (Å²) in [4.78, 5) is 13.9. The first-order chi connectivity index (χ1) is 14.2. The molecular weight excluding hydrogens is 390 g/mol. The third-order valence-corrected chi connectivity index (χ3v) is 4.80. The fourth-order valence-corrected chi connectivity index (χ4v) is 3.94. The Kier molecular flexibility index (Phi) is 5.87. The maximum atomic E-state index is 12.4. The Balaban J connectivity index is 2.07. The molecule has 0 aliphatic rings. The lowest BCUT2D eigenvalue weighted by Crippen LogP contribution is -2.27. The zero-order valence-corrected chi connectivity index (χ0v) is 19.8. The van der Waals surface area contributed by atoms with Crippen LogP contribution in [0.2, 0.25) is 0 Å². The predicted molar refractivity (Wildman–Crippen MR) is 123 cm³/mol. The van der Waals surface area contributed by atoms with Crippen molar-refractivity contribution in [2.24, 2.45) is 5.41 Å². The zero-order chi connectivity index (χ0) is 23.0. The molecule has 1 heterocycles. The van der Waals surface area contributed by atoms with E-state index in [1.165, 1.54) is 4.80 Å². The van der Waals surface area contributed by atoms with E-state index in [0.29, 0.717) is 11.4 Å². The molecule has 0 radical (unpaired) electrons. The normalized spacial score (nSPS) is 12.8. The molecule has 0 aliphatic heterocycles. The standard InChI is InChI=1S/C25H33N3O3/c1-23(2,3)16-25(7,8)17-13-14-21(30-22(29)31-24(4,5)6)20(15-17)28-26-18-11-9-10-12-19(18)27-28/h9-15H,16H2,1-8H3. The minimum absolute atomic E-state index is 0.0932. The van der Waals surface area contributed by atoms with Crippen LogP contribution in [0.5, 0.6) is 5.75 Å². The van der Waals surface area contributed by atoms with Crippen LogP contribution in [0.4, 0.5) is 4.79 Å². The van der Waals surface area contributed by atoms with E-state index in [2.05, 4.69) is 44.8 Å². The van der Waals surface area contributed by atoms with Gasteiger partial charge in [-0.15, -0.1) is 15.0 Å². The SMILES string of the molecule is CC(C)(C)CC(C)(C)c1ccc(OC(=O)OC(C)(C)C)c(-n2nc3ccccc3n2)c1. The molecule has 0 saturated carbocycles. The maximum Gasteiger partial charge on any atom is 0.514 e. The van der Waals surface area contributed by atoms with Gasteiger partial charge in [0.25, 0.3) is 0 Å². The molecule has 31 heavy (non-hydrogen) atoms. The van der Waals surface area contributed by atoms with Crippen LogP contribution in [0.25, 0.3) is 16.7 Å². The molecule has 6 nitrogen and oxygen atoms in total. The molecule has 0 atom stereocenters. The molecular formula is C25H33N3O3. The van der Waals surface area contributed by atoms with Crippen LogP contribution in [0.3, 0.4) is 0 Å². The summed E-state index contributed by atoms with van der Waals surface area (Å²) in [5.74, 6) is 0.352. The highest BCUT2D eigenvalue weighted by Crippen LogP contribution is 2.38. The van der Waals surface area contributed by atoms with Gasteiger partial charge >= 0.3 is 6.16 Å². The van der Waals surface area contributed by atoms with Gasteiger partial charge in [0.2, 0.25) is 0 Å². The Morgan fingerprint density at radius 1 is 0.903 bits per heavy atom. The van der Waals surface area contributed by atoms with E-state index in [0.717, 1.165) is 23.0 Å². The molecule has 1 aromatic heterocycles. The van der Waals surface area contributed by atoms with Gasteiger partial charge in [0.1, 0.15) is 22.3 Å². The first kappa shape index (κ1) is 22.8. The van der Waals surface area contributed by atoms with Gasteiger partial charge in [-0.25, -0.2) is 4.79 Å². The van der Waals surface area contributed by atoms with Crippen molar-refractivity contribution in [1.82, 2.24) is 15.0 Å². The van der Waals surface area contributed by atoms with Crippen molar-refractivity contribution in [3.05, 3.63) is 48.0 Å². The molecule has 2 aromatic carbocycles. The fraction of sp³-hybridized carbons (Fsp3) is 0.480. The molecule has 6 heteroatoms. The van der Waals surface area contributed by atoms with Gasteiger partial charge in [-0.05, 0) is 67.9 Å². The van der Waals surface area contributed by atoms with Gasteiger partial charge in [0, 0.05) is 0 Å². The van der Waals surface area contributed by atoms with E-state index < -0.39 is 11.8 Å². The van der Waals surface area contributed by atoms with Crippen LogP contribution in [0.1, 0.15) is 67.4 Å². The number of benzene rings is 2. The zero-order valence-electron chi connectivity index (χ0n) is 19.8. The number of carbonyl (C=O) groups excluding carboxylic acids is 1. The molecule has 0 bridgehead atoms. The molecule has 166 valence electrons. The summed E-state index contributed by atoms with van der Waals surface area (Å²) < 4.78 is 10.9. The summed E-state index contributed by atoms with van der Waals surface area (Å²) in [7, 11) is 0. The number of fused-ring (bicyclic) bond motifs is 1. The van der Waals surface area contributed by atoms with Crippen molar-refractivity contribution in [2.45, 2.75) is 72.8 Å². The van der Waals surface area contributed by atoms with Gasteiger partial charge < -0.3 is 9.47 Å². The van der Waals surface area contributed by atoms with Crippen LogP contribution in [0, 0.1) is 5.41 Å². The third-order valence-electron chi connectivity index (χ3n) is 4.80. The minimum Gasteiger partial charge on any atom is -0.428 e. The first-order valence-electron chi connectivity index (χ1n) is 10.6. The molecule has 0 amide bonds. The summed E-state index contributed by atoms with van der Waals surface area (Å²) in [6, 6.07) is 13.4. The van der Waals surface area contributed by atoms with Crippen molar-refractivity contribution in [3.63, 3.8) is 0 Å². The molecule has 0 aliphatic carbocycles. The number of aromatic nitrogens is 3. The molecule has 0 saturated heterocycles. The van der Waals surface area contributed by atoms with Crippen LogP contribution in [0.15, 0.2) is 42.5 Å². The summed E-state index contributed by atoms with van der Waals surface area (Å²) in [5.41, 5.74) is 2.68. The third kappa shape index (κ3) is 5.84. The van der Waals surface area contributed by atoms with E-state index in [1.54, 1.807) is 26.8 Å². The summed E-state index contributed by atoms with van der Waals surface area (Å²) in [6.07, 6.45) is 0.229. The number of hydrogen-bond donors (Lipinski definition) is 0. The fourth-order valence-electron chi connectivity index (χ4n) is 3.94. The molecule has 0 N–H and O–H groups in total. The van der Waals surface area contributed by atoms with Crippen LogP contribution < -0.4 is 4.74 Å². The number of hydrogen-bond acceptors (Lipinski definition) is 5. The quantitative estimate of drug-likeness (QED) is 0.356. The van der Waals surface area contributed by atoms with Gasteiger partial charge in [0.15, 0.2) is 5.75 Å². The van der Waals surface area contributed by atoms with E-state index >= 15 is 0 Å². The summed E-state index contributed by atoms with van der Waals surface area (Å²) >= 11 is 0. The van der Waals surface area contributed by atoms with E-state index in [1.807, 2.05) is 36.4 Å². The Morgan fingerprint density at radius 3 is 2.00 bits per heavy atom. The van der Waals surface area contributed by atoms with Crippen molar-refractivity contribution in [2.75, 3.05) is 0 Å². The lowest BCUT2D eigenvalue weighted by Gasteiger charge is -2.33. The highest BCUT2D eigenvalue weighted by molar-refractivity contribution is 5.74. The highest BCUT2D eigenvalue weighted by atomic mass is 16.7. The van der Waals surface area contributed by atoms with Gasteiger partial charge in [0.05, 0.1) is 0 Å². The Bertz CT molecular complexity index is 1050. The first-order valence-corrected chi connectivity index (χ1v) is 10.6. The number of nitrogens with zero attached hydrogens (tertiary/aromatic N) is 3. The van der Waals surface area contributed by atoms with E-state index in [-0.39, 0.29) is 10.8 Å². The Labute approximate surface area is 184 Å². The van der Waals surface area contributed by atoms with Crippen molar-refractivity contribution < 1.29 is 14.3 Å². The lowest BCUT2D eigenvalue weighted by molar-refractivity contribution is 0.0205. The minimum atomic E-state index is -0.757. The van der Waals surface area contributed by atoms with Gasteiger partial charge in [-0.3, -0.25) is 0 Å². The molecule has 3 aromatic rings. The van der Waals surface area contributed by atoms with E-state index in [9.17, 15) is 4.79 Å². The average Bonchev–Trinajstić information content (AvgIpc) is 3.02. The maximum absolute atomic E-state index is 12.4. The van der Waals surface area contributed by atoms with E-state index in [4.69, 9.17) is 9.47 Å². The second kappa shape index (κ2) is 7.98. The monoisotopic (exact) mass is 423 g/mol. The number of carbonyl (C=O) groups is 1. The highest BCUT2D eigenvalue weighted by Gasteiger charge is 2.29. The Hall–Kier alpha value is -2.89. The van der Waals surface area contributed by atoms with Gasteiger partial charge in [-0.2, -0.15) is 0 Å². The molecule has 0 unspecified atom stereocenters. The van der Waals surface area contributed by atoms with Crippen LogP contribution in [-0.2, 0) is 10.2 Å². The van der Waals surface area contributed by atoms with Crippen molar-refractivity contribution in [3.8, 4) is 11.4 Å². The van der Waals surface area contributed by atoms with Crippen molar-refractivity contribution in [1.29, 1.82) is 0 Å². The topological polar surface area (TPSA) is 66.2 Å². The Morgan fingerprint density at radius 2 is 1.48 bits per heavy atom. The van der Waals surface area contributed by atoms with Crippen LogP contribution >= 0.6 is 0 Å². The molecule has 0 spiro atoms. The van der Waals surface area contributed by atoms with Crippen LogP contribution in [-0.4, -0.2) is 26.8 Å². The number of ether oxygens (including phenoxy) is 2. The lowest BCUT2D eigenvalue weighted by atomic mass is 9.72. The van der Waals surface area contributed by atoms with Crippen molar-refractivity contribution >= 4 is 17.2 Å². The second-order valence-corrected chi connectivity index (χ2v) is 10.8. The average molecular weight is 424 g/mol. The molecule has 0 fully saturated rings. The van der Waals surface area contributed by atoms with Gasteiger partial charge in [-0.1, -0.05) is 52.8 Å². The number of rotatable bonds is 4. The second-order valence-electron chi connectivity index (χ2n) is 10.8. The predicted octanol–water partition coefficient (Wildman–Crippen LogP) is 6.45.